The number of fused-ring (bicyclic) bond motifs is 1. The van der Waals surface area contributed by atoms with Gasteiger partial charge in [-0.15, -0.1) is 0 Å². The van der Waals surface area contributed by atoms with Crippen LogP contribution in [-0.2, 0) is 12.8 Å². The van der Waals surface area contributed by atoms with Crippen molar-refractivity contribution in [3.05, 3.63) is 65.0 Å². The molecule has 25 heavy (non-hydrogen) atoms. The first-order valence-corrected chi connectivity index (χ1v) is 8.15. The van der Waals surface area contributed by atoms with Crippen LogP contribution in [0.2, 0.25) is 0 Å². The SMILES string of the molecule is CN(C(=O)Nc1ccc(F)c(C(N)=O)c1)[C@@H]1CCc2ccccc2C1. The first-order chi connectivity index (χ1) is 12.0. The highest BCUT2D eigenvalue weighted by Gasteiger charge is 2.25. The molecule has 5 nitrogen and oxygen atoms in total. The van der Waals surface area contributed by atoms with Gasteiger partial charge in [-0.1, -0.05) is 24.3 Å². The topological polar surface area (TPSA) is 75.4 Å². The van der Waals surface area contributed by atoms with Crippen LogP contribution in [-0.4, -0.2) is 29.9 Å². The monoisotopic (exact) mass is 341 g/mol. The average molecular weight is 341 g/mol. The van der Waals surface area contributed by atoms with E-state index in [4.69, 9.17) is 5.73 Å². The van der Waals surface area contributed by atoms with Crippen LogP contribution in [0.15, 0.2) is 42.5 Å². The highest BCUT2D eigenvalue weighted by atomic mass is 19.1. The number of carbonyl (C=O) groups excluding carboxylic acids is 2. The molecule has 0 bridgehead atoms. The van der Waals surface area contributed by atoms with E-state index in [1.807, 2.05) is 12.1 Å². The van der Waals surface area contributed by atoms with E-state index in [1.54, 1.807) is 11.9 Å². The summed E-state index contributed by atoms with van der Waals surface area (Å²) in [5.74, 6) is -1.58. The summed E-state index contributed by atoms with van der Waals surface area (Å²) >= 11 is 0. The summed E-state index contributed by atoms with van der Waals surface area (Å²) in [6, 6.07) is 11.8. The van der Waals surface area contributed by atoms with Crippen molar-refractivity contribution in [3.8, 4) is 0 Å². The van der Waals surface area contributed by atoms with Crippen LogP contribution in [0.5, 0.6) is 0 Å². The van der Waals surface area contributed by atoms with Gasteiger partial charge in [0.15, 0.2) is 0 Å². The minimum Gasteiger partial charge on any atom is -0.366 e. The van der Waals surface area contributed by atoms with Crippen molar-refractivity contribution in [2.75, 3.05) is 12.4 Å². The van der Waals surface area contributed by atoms with Crippen LogP contribution in [0.25, 0.3) is 0 Å². The summed E-state index contributed by atoms with van der Waals surface area (Å²) in [5, 5.41) is 2.70. The molecule has 6 heteroatoms. The van der Waals surface area contributed by atoms with E-state index in [-0.39, 0.29) is 17.6 Å². The standard InChI is InChI=1S/C19H20FN3O2/c1-23(15-8-6-12-4-2-3-5-13(12)10-15)19(25)22-14-7-9-17(20)16(11-14)18(21)24/h2-5,7,9,11,15H,6,8,10H2,1H3,(H2,21,24)(H,22,25)/t15-/m1/s1. The zero-order valence-corrected chi connectivity index (χ0v) is 14.0. The van der Waals surface area contributed by atoms with E-state index < -0.39 is 11.7 Å². The molecule has 0 heterocycles. The number of urea groups is 1. The predicted octanol–water partition coefficient (Wildman–Crippen LogP) is 2.95. The summed E-state index contributed by atoms with van der Waals surface area (Å²) in [4.78, 5) is 25.4. The molecule has 130 valence electrons. The Morgan fingerprint density at radius 2 is 1.92 bits per heavy atom. The maximum absolute atomic E-state index is 13.5. The number of carbonyl (C=O) groups is 2. The highest BCUT2D eigenvalue weighted by Crippen LogP contribution is 2.24. The number of nitrogens with one attached hydrogen (secondary N) is 1. The molecule has 3 amide bonds. The molecule has 3 N–H and O–H groups in total. The fraction of sp³-hybridized carbons (Fsp3) is 0.263. The zero-order chi connectivity index (χ0) is 18.0. The molecule has 0 radical (unpaired) electrons. The number of aryl methyl sites for hydroxylation is 1. The number of amides is 3. The van der Waals surface area contributed by atoms with Crippen molar-refractivity contribution in [2.24, 2.45) is 5.73 Å². The van der Waals surface area contributed by atoms with Crippen LogP contribution < -0.4 is 11.1 Å². The van der Waals surface area contributed by atoms with Gasteiger partial charge in [-0.25, -0.2) is 9.18 Å². The van der Waals surface area contributed by atoms with Crippen molar-refractivity contribution in [1.29, 1.82) is 0 Å². The number of nitrogens with two attached hydrogens (primary N) is 1. The summed E-state index contributed by atoms with van der Waals surface area (Å²) < 4.78 is 13.5. The number of likely N-dealkylation sites (N-methyl/N-ethyl adjacent to an activating group) is 1. The number of primary amides is 1. The van der Waals surface area contributed by atoms with Gasteiger partial charge in [-0.3, -0.25) is 4.79 Å². The number of nitrogens with zero attached hydrogens (tertiary/aromatic N) is 1. The lowest BCUT2D eigenvalue weighted by Crippen LogP contribution is -2.42. The Balaban J connectivity index is 1.69. The molecule has 3 rings (SSSR count). The molecule has 0 fully saturated rings. The molecule has 0 saturated heterocycles. The molecule has 0 unspecified atom stereocenters. The number of hydrogen-bond donors (Lipinski definition) is 2. The Bertz CT molecular complexity index is 822. The molecule has 1 aliphatic rings. The highest BCUT2D eigenvalue weighted by molar-refractivity contribution is 5.96. The van der Waals surface area contributed by atoms with Gasteiger partial charge in [-0.05, 0) is 48.6 Å². The number of anilines is 1. The van der Waals surface area contributed by atoms with Crippen molar-refractivity contribution in [3.63, 3.8) is 0 Å². The van der Waals surface area contributed by atoms with Crippen LogP contribution in [0.1, 0.15) is 27.9 Å². The number of hydrogen-bond acceptors (Lipinski definition) is 2. The van der Waals surface area contributed by atoms with Crippen molar-refractivity contribution < 1.29 is 14.0 Å². The maximum Gasteiger partial charge on any atom is 0.321 e. The van der Waals surface area contributed by atoms with Gasteiger partial charge in [0.1, 0.15) is 5.82 Å². The number of benzene rings is 2. The van der Waals surface area contributed by atoms with Gasteiger partial charge in [0, 0.05) is 18.8 Å². The predicted molar refractivity (Wildman–Crippen MR) is 94.0 cm³/mol. The van der Waals surface area contributed by atoms with E-state index in [1.165, 1.54) is 23.3 Å². The first-order valence-electron chi connectivity index (χ1n) is 8.15. The fourth-order valence-corrected chi connectivity index (χ4v) is 3.18. The van der Waals surface area contributed by atoms with Crippen LogP contribution in [0.4, 0.5) is 14.9 Å². The second-order valence-electron chi connectivity index (χ2n) is 6.27. The lowest BCUT2D eigenvalue weighted by atomic mass is 9.88. The van der Waals surface area contributed by atoms with E-state index >= 15 is 0 Å². The Hall–Kier alpha value is -2.89. The van der Waals surface area contributed by atoms with Gasteiger partial charge >= 0.3 is 6.03 Å². The van der Waals surface area contributed by atoms with Crippen LogP contribution in [0, 0.1) is 5.82 Å². The van der Waals surface area contributed by atoms with E-state index in [0.717, 1.165) is 25.3 Å². The molecule has 0 saturated carbocycles. The summed E-state index contributed by atoms with van der Waals surface area (Å²) in [5.41, 5.74) is 7.82. The molecule has 2 aromatic rings. The van der Waals surface area contributed by atoms with Crippen LogP contribution in [0.3, 0.4) is 0 Å². The lowest BCUT2D eigenvalue weighted by molar-refractivity contribution is 0.0996. The van der Waals surface area contributed by atoms with Gasteiger partial charge in [0.05, 0.1) is 5.56 Å². The smallest absolute Gasteiger partial charge is 0.321 e. The normalized spacial score (nSPS) is 16.0. The van der Waals surface area contributed by atoms with Gasteiger partial charge in [0.25, 0.3) is 5.91 Å². The zero-order valence-electron chi connectivity index (χ0n) is 14.0. The third-order valence-corrected chi connectivity index (χ3v) is 4.67. The Kier molecular flexibility index (Phi) is 4.70. The van der Waals surface area contributed by atoms with Gasteiger partial charge < -0.3 is 16.0 Å². The largest absolute Gasteiger partial charge is 0.366 e. The van der Waals surface area contributed by atoms with Gasteiger partial charge in [-0.2, -0.15) is 0 Å². The van der Waals surface area contributed by atoms with Crippen molar-refractivity contribution in [1.82, 2.24) is 4.90 Å². The molecular weight excluding hydrogens is 321 g/mol. The molecule has 0 aromatic heterocycles. The molecular formula is C19H20FN3O2. The molecule has 2 aromatic carbocycles. The Morgan fingerprint density at radius 3 is 2.64 bits per heavy atom. The van der Waals surface area contributed by atoms with Gasteiger partial charge in [0.2, 0.25) is 0 Å². The lowest BCUT2D eigenvalue weighted by Gasteiger charge is -2.32. The molecule has 1 atom stereocenters. The number of rotatable bonds is 3. The fourth-order valence-electron chi connectivity index (χ4n) is 3.18. The molecule has 0 spiro atoms. The van der Waals surface area contributed by atoms with E-state index in [2.05, 4.69) is 17.4 Å². The second kappa shape index (κ2) is 6.93. The van der Waals surface area contributed by atoms with Crippen molar-refractivity contribution >= 4 is 17.6 Å². The molecule has 0 aliphatic heterocycles. The van der Waals surface area contributed by atoms with Crippen molar-refractivity contribution in [2.45, 2.75) is 25.3 Å². The maximum atomic E-state index is 13.5. The minimum atomic E-state index is -0.870. The summed E-state index contributed by atoms with van der Waals surface area (Å²) in [7, 11) is 1.74. The third-order valence-electron chi connectivity index (χ3n) is 4.67. The number of halogens is 1. The second-order valence-corrected chi connectivity index (χ2v) is 6.27. The summed E-state index contributed by atoms with van der Waals surface area (Å²) in [6.45, 7) is 0. The first kappa shape index (κ1) is 17.0. The third kappa shape index (κ3) is 3.63. The minimum absolute atomic E-state index is 0.0889. The van der Waals surface area contributed by atoms with E-state index in [0.29, 0.717) is 5.69 Å². The molecule has 1 aliphatic carbocycles. The Morgan fingerprint density at radius 1 is 1.20 bits per heavy atom. The average Bonchev–Trinajstić information content (AvgIpc) is 2.62. The Labute approximate surface area is 145 Å². The summed E-state index contributed by atoms with van der Waals surface area (Å²) in [6.07, 6.45) is 2.62. The van der Waals surface area contributed by atoms with Crippen LogP contribution >= 0.6 is 0 Å². The quantitative estimate of drug-likeness (QED) is 0.900. The van der Waals surface area contributed by atoms with E-state index in [9.17, 15) is 14.0 Å².